The van der Waals surface area contributed by atoms with Crippen LogP contribution in [0, 0.1) is 0 Å². The van der Waals surface area contributed by atoms with Crippen LogP contribution in [0.2, 0.25) is 25.7 Å². The lowest BCUT2D eigenvalue weighted by atomic mass is 10.1. The van der Waals surface area contributed by atoms with Crippen LogP contribution in [0.15, 0.2) is 45.8 Å². The van der Waals surface area contributed by atoms with E-state index in [0.717, 1.165) is 16.1 Å². The standard InChI is InChI=1S/C27H37BrN2O6SSi/c1-30(27(32)36-12-13-38(3,4)5)18-20-16-22(7-10-25(20)37(33,34)24-8-9-24)29-26(31)11-6-19-14-21(28)17-23(15-19)35-2/h7,10,14-17,24H,6,8-9,11-13,18H2,1-5H3,(H,29,31). The van der Waals surface area contributed by atoms with Crippen LogP contribution in [0.5, 0.6) is 5.75 Å². The molecule has 0 saturated heterocycles. The minimum atomic E-state index is -3.51. The summed E-state index contributed by atoms with van der Waals surface area (Å²) in [6.45, 7) is 7.00. The molecule has 2 aromatic rings. The van der Waals surface area contributed by atoms with Crippen molar-refractivity contribution in [1.82, 2.24) is 4.90 Å². The van der Waals surface area contributed by atoms with Crippen LogP contribution in [-0.4, -0.2) is 59.4 Å². The van der Waals surface area contributed by atoms with Gasteiger partial charge in [-0.15, -0.1) is 0 Å². The van der Waals surface area contributed by atoms with Crippen LogP contribution in [0.4, 0.5) is 10.5 Å². The summed E-state index contributed by atoms with van der Waals surface area (Å²) in [5.74, 6) is 0.502. The third-order valence-corrected chi connectivity index (χ3v) is 10.7. The molecule has 2 amide bonds. The van der Waals surface area contributed by atoms with Crippen LogP contribution in [0.25, 0.3) is 0 Å². The Bertz CT molecular complexity index is 1270. The first-order chi connectivity index (χ1) is 17.8. The number of aryl methyl sites for hydroxylation is 1. The quantitative estimate of drug-likeness (QED) is 0.296. The van der Waals surface area contributed by atoms with Crippen molar-refractivity contribution < 1.29 is 27.5 Å². The van der Waals surface area contributed by atoms with E-state index in [1.165, 1.54) is 11.0 Å². The molecule has 1 fully saturated rings. The molecule has 0 radical (unpaired) electrons. The smallest absolute Gasteiger partial charge is 0.409 e. The number of anilines is 1. The molecule has 208 valence electrons. The molecule has 1 aliphatic rings. The number of rotatable bonds is 12. The second-order valence-electron chi connectivity index (χ2n) is 10.9. The van der Waals surface area contributed by atoms with Crippen molar-refractivity contribution in [3.63, 3.8) is 0 Å². The highest BCUT2D eigenvalue weighted by Gasteiger charge is 2.38. The Kier molecular flexibility index (Phi) is 10.0. The number of benzene rings is 2. The SMILES string of the molecule is COc1cc(Br)cc(CCC(=O)Nc2ccc(S(=O)(=O)C3CC3)c(CN(C)C(=O)OCC[Si](C)(C)C)c2)c1. The summed E-state index contributed by atoms with van der Waals surface area (Å²) in [6.07, 6.45) is 1.51. The Balaban J connectivity index is 1.72. The van der Waals surface area contributed by atoms with Gasteiger partial charge in [-0.25, -0.2) is 13.2 Å². The van der Waals surface area contributed by atoms with Crippen molar-refractivity contribution in [3.05, 3.63) is 52.0 Å². The normalized spacial score (nSPS) is 13.6. The molecule has 3 rings (SSSR count). The molecular formula is C27H37BrN2O6SSi. The Morgan fingerprint density at radius 1 is 1.13 bits per heavy atom. The zero-order chi connectivity index (χ0) is 28.1. The molecule has 8 nitrogen and oxygen atoms in total. The Morgan fingerprint density at radius 2 is 1.84 bits per heavy atom. The predicted octanol–water partition coefficient (Wildman–Crippen LogP) is 5.87. The summed E-state index contributed by atoms with van der Waals surface area (Å²) in [5.41, 5.74) is 1.88. The van der Waals surface area contributed by atoms with E-state index in [9.17, 15) is 18.0 Å². The fourth-order valence-corrected chi connectivity index (χ4v) is 6.95. The third kappa shape index (κ3) is 8.84. The van der Waals surface area contributed by atoms with Gasteiger partial charge in [-0.2, -0.15) is 0 Å². The number of carbonyl (C=O) groups is 2. The van der Waals surface area contributed by atoms with E-state index >= 15 is 0 Å². The number of amides is 2. The third-order valence-electron chi connectivity index (χ3n) is 6.22. The molecule has 0 unspecified atom stereocenters. The monoisotopic (exact) mass is 624 g/mol. The van der Waals surface area contributed by atoms with Gasteiger partial charge < -0.3 is 19.7 Å². The van der Waals surface area contributed by atoms with E-state index in [1.54, 1.807) is 26.3 Å². The maximum Gasteiger partial charge on any atom is 0.409 e. The summed E-state index contributed by atoms with van der Waals surface area (Å²) in [5, 5.41) is 2.47. The molecule has 0 aromatic heterocycles. The second kappa shape index (κ2) is 12.7. The van der Waals surface area contributed by atoms with Crippen molar-refractivity contribution >= 4 is 51.5 Å². The van der Waals surface area contributed by atoms with Gasteiger partial charge in [0.2, 0.25) is 5.91 Å². The van der Waals surface area contributed by atoms with Gasteiger partial charge in [0.1, 0.15) is 5.75 Å². The molecule has 1 aliphatic carbocycles. The molecule has 0 bridgehead atoms. The largest absolute Gasteiger partial charge is 0.497 e. The summed E-state index contributed by atoms with van der Waals surface area (Å²) >= 11 is 3.45. The van der Waals surface area contributed by atoms with Gasteiger partial charge in [0.25, 0.3) is 0 Å². The van der Waals surface area contributed by atoms with Gasteiger partial charge in [0.15, 0.2) is 9.84 Å². The summed E-state index contributed by atoms with van der Waals surface area (Å²) in [7, 11) is -1.69. The molecule has 0 atom stereocenters. The van der Waals surface area contributed by atoms with Gasteiger partial charge in [0, 0.05) is 31.7 Å². The topological polar surface area (TPSA) is 102 Å². The van der Waals surface area contributed by atoms with Gasteiger partial charge in [-0.05, 0) is 72.8 Å². The molecule has 0 spiro atoms. The van der Waals surface area contributed by atoms with Gasteiger partial charge in [0.05, 0.1) is 30.4 Å². The highest BCUT2D eigenvalue weighted by atomic mass is 79.9. The van der Waals surface area contributed by atoms with Crippen LogP contribution in [-0.2, 0) is 32.3 Å². The predicted molar refractivity (Wildman–Crippen MR) is 155 cm³/mol. The summed E-state index contributed by atoms with van der Waals surface area (Å²) in [4.78, 5) is 26.9. The van der Waals surface area contributed by atoms with E-state index in [4.69, 9.17) is 9.47 Å². The van der Waals surface area contributed by atoms with Crippen LogP contribution >= 0.6 is 15.9 Å². The molecule has 0 heterocycles. The Hall–Kier alpha value is -2.37. The first-order valence-electron chi connectivity index (χ1n) is 12.7. The molecule has 38 heavy (non-hydrogen) atoms. The zero-order valence-electron chi connectivity index (χ0n) is 22.7. The van der Waals surface area contributed by atoms with E-state index < -0.39 is 29.3 Å². The first-order valence-corrected chi connectivity index (χ1v) is 18.7. The van der Waals surface area contributed by atoms with Crippen LogP contribution in [0.1, 0.15) is 30.4 Å². The van der Waals surface area contributed by atoms with Crippen molar-refractivity contribution in [2.75, 3.05) is 26.1 Å². The second-order valence-corrected chi connectivity index (χ2v) is 19.6. The van der Waals surface area contributed by atoms with Crippen molar-refractivity contribution in [2.45, 2.75) is 68.1 Å². The van der Waals surface area contributed by atoms with E-state index in [1.807, 2.05) is 18.2 Å². The van der Waals surface area contributed by atoms with Crippen molar-refractivity contribution in [1.29, 1.82) is 0 Å². The van der Waals surface area contributed by atoms with E-state index in [-0.39, 0.29) is 23.8 Å². The lowest BCUT2D eigenvalue weighted by Gasteiger charge is -2.21. The lowest BCUT2D eigenvalue weighted by Crippen LogP contribution is -2.30. The summed E-state index contributed by atoms with van der Waals surface area (Å²) in [6, 6.07) is 11.3. The summed E-state index contributed by atoms with van der Waals surface area (Å²) < 4.78 is 37.8. The number of ether oxygens (including phenoxy) is 2. The highest BCUT2D eigenvalue weighted by molar-refractivity contribution is 9.10. The molecular weight excluding hydrogens is 588 g/mol. The lowest BCUT2D eigenvalue weighted by molar-refractivity contribution is -0.116. The average Bonchev–Trinajstić information content (AvgIpc) is 3.68. The Labute approximate surface area is 235 Å². The Morgan fingerprint density at radius 3 is 2.47 bits per heavy atom. The maximum absolute atomic E-state index is 13.1. The number of carbonyl (C=O) groups excluding carboxylic acids is 2. The van der Waals surface area contributed by atoms with Crippen LogP contribution in [0.3, 0.4) is 0 Å². The fraction of sp³-hybridized carbons (Fsp3) is 0.481. The zero-order valence-corrected chi connectivity index (χ0v) is 26.1. The van der Waals surface area contributed by atoms with E-state index in [0.29, 0.717) is 42.9 Å². The molecule has 0 aliphatic heterocycles. The van der Waals surface area contributed by atoms with Gasteiger partial charge in [-0.1, -0.05) is 35.6 Å². The number of hydrogen-bond acceptors (Lipinski definition) is 6. The molecule has 11 heteroatoms. The number of nitrogens with one attached hydrogen (secondary N) is 1. The average molecular weight is 626 g/mol. The van der Waals surface area contributed by atoms with Gasteiger partial charge >= 0.3 is 6.09 Å². The number of halogens is 1. The first kappa shape index (κ1) is 30.2. The number of sulfone groups is 1. The molecule has 1 saturated carbocycles. The minimum Gasteiger partial charge on any atom is -0.497 e. The fourth-order valence-electron chi connectivity index (χ4n) is 3.86. The minimum absolute atomic E-state index is 0.0502. The highest BCUT2D eigenvalue weighted by Crippen LogP contribution is 2.36. The molecule has 2 aromatic carbocycles. The number of methoxy groups -OCH3 is 1. The maximum atomic E-state index is 13.1. The van der Waals surface area contributed by atoms with Gasteiger partial charge in [-0.3, -0.25) is 4.79 Å². The van der Waals surface area contributed by atoms with Crippen molar-refractivity contribution in [2.24, 2.45) is 0 Å². The van der Waals surface area contributed by atoms with E-state index in [2.05, 4.69) is 40.9 Å². The van der Waals surface area contributed by atoms with Crippen molar-refractivity contribution in [3.8, 4) is 5.75 Å². The number of hydrogen-bond donors (Lipinski definition) is 1. The van der Waals surface area contributed by atoms with Crippen LogP contribution < -0.4 is 10.1 Å². The number of nitrogens with zero attached hydrogens (tertiary/aromatic N) is 1. The molecule has 1 N–H and O–H groups in total.